The molecule has 0 fully saturated rings. The third-order valence-corrected chi connectivity index (χ3v) is 5.70. The maximum Gasteiger partial charge on any atom is 0.272 e. The number of aliphatic hydroxyl groups is 1. The van der Waals surface area contributed by atoms with Gasteiger partial charge in [-0.25, -0.2) is 26.3 Å². The first kappa shape index (κ1) is 20.1. The number of halogens is 3. The summed E-state index contributed by atoms with van der Waals surface area (Å²) in [5.41, 5.74) is -0.400. The molecule has 0 bridgehead atoms. The number of nitrogens with one attached hydrogen (secondary N) is 2. The molecule has 0 spiro atoms. The summed E-state index contributed by atoms with van der Waals surface area (Å²) in [6, 6.07) is 0.310. The lowest BCUT2D eigenvalue weighted by Crippen LogP contribution is -2.39. The fourth-order valence-corrected chi connectivity index (χ4v) is 4.35. The second kappa shape index (κ2) is 7.08. The number of nitrogens with zero attached hydrogens (tertiary/aromatic N) is 1. The Kier molecular flexibility index (Phi) is 5.08. The Hall–Kier alpha value is -2.63. The van der Waals surface area contributed by atoms with Crippen LogP contribution < -0.4 is 10.0 Å². The van der Waals surface area contributed by atoms with Crippen LogP contribution in [-0.4, -0.2) is 36.1 Å². The van der Waals surface area contributed by atoms with Crippen LogP contribution in [-0.2, 0) is 17.1 Å². The first-order valence-corrected chi connectivity index (χ1v) is 9.53. The van der Waals surface area contributed by atoms with E-state index < -0.39 is 45.5 Å². The molecule has 2 atom stereocenters. The van der Waals surface area contributed by atoms with Crippen molar-refractivity contribution in [1.29, 1.82) is 0 Å². The van der Waals surface area contributed by atoms with Crippen molar-refractivity contribution in [3.8, 4) is 0 Å². The summed E-state index contributed by atoms with van der Waals surface area (Å²) in [6.45, 7) is 1.40. The van der Waals surface area contributed by atoms with Crippen LogP contribution in [0.15, 0.2) is 29.3 Å². The van der Waals surface area contributed by atoms with Crippen LogP contribution in [0.1, 0.15) is 23.0 Å². The summed E-state index contributed by atoms with van der Waals surface area (Å²) in [4.78, 5) is 12.4. The average Bonchev–Trinajstić information content (AvgIpc) is 2.87. The smallest absolute Gasteiger partial charge is 0.272 e. The summed E-state index contributed by atoms with van der Waals surface area (Å²) in [6.07, 6.45) is 2.94. The minimum atomic E-state index is -4.04. The largest absolute Gasteiger partial charge is 0.391 e. The minimum absolute atomic E-state index is 0.0405. The van der Waals surface area contributed by atoms with Crippen LogP contribution in [0.25, 0.3) is 6.08 Å². The fraction of sp³-hybridized carbons (Fsp3) is 0.235. The predicted octanol–water partition coefficient (Wildman–Crippen LogP) is 1.75. The molecule has 1 aliphatic heterocycles. The molecule has 3 rings (SSSR count). The Morgan fingerprint density at radius 3 is 2.46 bits per heavy atom. The number of aliphatic hydroxyl groups excluding tert-OH is 1. The van der Waals surface area contributed by atoms with E-state index in [4.69, 9.17) is 0 Å². The zero-order valence-electron chi connectivity index (χ0n) is 14.7. The Morgan fingerprint density at radius 1 is 1.29 bits per heavy atom. The highest BCUT2D eigenvalue weighted by atomic mass is 32.2. The third kappa shape index (κ3) is 3.55. The number of fused-ring (bicyclic) bond motifs is 1. The number of aromatic nitrogens is 1. The Labute approximate surface area is 158 Å². The van der Waals surface area contributed by atoms with Crippen molar-refractivity contribution in [3.63, 3.8) is 0 Å². The van der Waals surface area contributed by atoms with Crippen molar-refractivity contribution < 1.29 is 31.5 Å². The number of sulfonamides is 1. The molecule has 1 unspecified atom stereocenters. The SMILES string of the molecule is CC(O)[C@H]1C=Cc2c(cn(C)c2C(=O)Nc2cc(F)c(F)c(F)c2)S(=O)(=O)N1. The lowest BCUT2D eigenvalue weighted by Gasteiger charge is -2.15. The maximum absolute atomic E-state index is 13.4. The number of benzene rings is 1. The number of aryl methyl sites for hydroxylation is 1. The number of anilines is 1. The molecule has 0 radical (unpaired) electrons. The molecule has 1 aromatic heterocycles. The summed E-state index contributed by atoms with van der Waals surface area (Å²) < 4.78 is 68.4. The molecule has 1 aromatic carbocycles. The molecule has 2 heterocycles. The molecular formula is C17H16F3N3O4S. The third-order valence-electron chi connectivity index (χ3n) is 4.21. The van der Waals surface area contributed by atoms with Crippen LogP contribution in [0.5, 0.6) is 0 Å². The lowest BCUT2D eigenvalue weighted by atomic mass is 10.1. The van der Waals surface area contributed by atoms with Crippen molar-refractivity contribution in [2.24, 2.45) is 7.05 Å². The molecule has 1 aliphatic rings. The van der Waals surface area contributed by atoms with E-state index in [9.17, 15) is 31.5 Å². The van der Waals surface area contributed by atoms with Crippen LogP contribution in [0.3, 0.4) is 0 Å². The van der Waals surface area contributed by atoms with E-state index in [1.165, 1.54) is 36.9 Å². The molecular weight excluding hydrogens is 399 g/mol. The van der Waals surface area contributed by atoms with E-state index in [1.54, 1.807) is 0 Å². The molecule has 0 aliphatic carbocycles. The normalized spacial score (nSPS) is 19.0. The van der Waals surface area contributed by atoms with Crippen molar-refractivity contribution in [1.82, 2.24) is 9.29 Å². The second-order valence-electron chi connectivity index (χ2n) is 6.32. The van der Waals surface area contributed by atoms with Crippen LogP contribution in [0.4, 0.5) is 18.9 Å². The topological polar surface area (TPSA) is 100 Å². The molecule has 0 saturated carbocycles. The van der Waals surface area contributed by atoms with Gasteiger partial charge in [0, 0.05) is 36.6 Å². The maximum atomic E-state index is 13.4. The van der Waals surface area contributed by atoms with E-state index in [2.05, 4.69) is 10.0 Å². The predicted molar refractivity (Wildman–Crippen MR) is 94.5 cm³/mol. The van der Waals surface area contributed by atoms with E-state index in [1.807, 2.05) is 0 Å². The van der Waals surface area contributed by atoms with Gasteiger partial charge in [-0.05, 0) is 6.92 Å². The van der Waals surface area contributed by atoms with Gasteiger partial charge in [0.15, 0.2) is 17.5 Å². The van der Waals surface area contributed by atoms with Crippen molar-refractivity contribution in [3.05, 3.63) is 53.1 Å². The van der Waals surface area contributed by atoms with E-state index >= 15 is 0 Å². The van der Waals surface area contributed by atoms with Gasteiger partial charge in [0.2, 0.25) is 10.0 Å². The molecule has 28 heavy (non-hydrogen) atoms. The second-order valence-corrected chi connectivity index (χ2v) is 8.00. The highest BCUT2D eigenvalue weighted by Gasteiger charge is 2.31. The molecule has 3 N–H and O–H groups in total. The van der Waals surface area contributed by atoms with E-state index in [0.717, 1.165) is 0 Å². The monoisotopic (exact) mass is 415 g/mol. The van der Waals surface area contributed by atoms with Gasteiger partial charge >= 0.3 is 0 Å². The van der Waals surface area contributed by atoms with Crippen molar-refractivity contribution >= 4 is 27.7 Å². The van der Waals surface area contributed by atoms with Crippen molar-refractivity contribution in [2.75, 3.05) is 5.32 Å². The minimum Gasteiger partial charge on any atom is -0.391 e. The molecule has 0 saturated heterocycles. The molecule has 150 valence electrons. The first-order valence-electron chi connectivity index (χ1n) is 8.05. The molecule has 2 aromatic rings. The Morgan fingerprint density at radius 2 is 1.89 bits per heavy atom. The van der Waals surface area contributed by atoms with Gasteiger partial charge in [-0.15, -0.1) is 0 Å². The highest BCUT2D eigenvalue weighted by Crippen LogP contribution is 2.28. The summed E-state index contributed by atoms with van der Waals surface area (Å²) in [5.74, 6) is -5.49. The first-order chi connectivity index (χ1) is 13.0. The summed E-state index contributed by atoms with van der Waals surface area (Å²) in [7, 11) is -2.62. The molecule has 7 nitrogen and oxygen atoms in total. The Balaban J connectivity index is 2.04. The standard InChI is InChI=1S/C17H16F3N3O4S/c1-8(24)13-4-3-10-14(28(26,27)22-13)7-23(2)16(10)17(25)21-9-5-11(18)15(20)12(19)6-9/h3-8,13,22,24H,1-2H3,(H,21,25)/t8?,13-/m1/s1. The van der Waals surface area contributed by atoms with Crippen LogP contribution >= 0.6 is 0 Å². The number of rotatable bonds is 3. The Bertz CT molecular complexity index is 1070. The van der Waals surface area contributed by atoms with Gasteiger partial charge in [-0.1, -0.05) is 12.2 Å². The quantitative estimate of drug-likeness (QED) is 0.665. The van der Waals surface area contributed by atoms with Gasteiger partial charge in [0.25, 0.3) is 5.91 Å². The zero-order chi connectivity index (χ0) is 20.8. The highest BCUT2D eigenvalue weighted by molar-refractivity contribution is 7.89. The van der Waals surface area contributed by atoms with Gasteiger partial charge in [0.05, 0.1) is 12.1 Å². The lowest BCUT2D eigenvalue weighted by molar-refractivity contribution is 0.101. The van der Waals surface area contributed by atoms with E-state index in [0.29, 0.717) is 12.1 Å². The summed E-state index contributed by atoms with van der Waals surface area (Å²) in [5, 5.41) is 11.9. The van der Waals surface area contributed by atoms with Crippen LogP contribution in [0.2, 0.25) is 0 Å². The number of hydrogen-bond acceptors (Lipinski definition) is 4. The van der Waals surface area contributed by atoms with Crippen LogP contribution in [0, 0.1) is 17.5 Å². The summed E-state index contributed by atoms with van der Waals surface area (Å²) >= 11 is 0. The van der Waals surface area contributed by atoms with Crippen molar-refractivity contribution in [2.45, 2.75) is 24.0 Å². The number of amides is 1. The zero-order valence-corrected chi connectivity index (χ0v) is 15.5. The number of carbonyl (C=O) groups excluding carboxylic acids is 1. The van der Waals surface area contributed by atoms with Gasteiger partial charge < -0.3 is 15.0 Å². The van der Waals surface area contributed by atoms with Gasteiger partial charge in [-0.3, -0.25) is 4.79 Å². The molecule has 1 amide bonds. The average molecular weight is 415 g/mol. The van der Waals surface area contributed by atoms with Gasteiger partial charge in [0.1, 0.15) is 10.6 Å². The molecule has 11 heteroatoms. The fourth-order valence-electron chi connectivity index (χ4n) is 2.83. The van der Waals surface area contributed by atoms with Gasteiger partial charge in [-0.2, -0.15) is 0 Å². The number of hydrogen-bond donors (Lipinski definition) is 3. The van der Waals surface area contributed by atoms with E-state index in [-0.39, 0.29) is 21.8 Å². The number of carbonyl (C=O) groups is 1.